The minimum atomic E-state index is -0.506. The molecule has 1 N–H and O–H groups in total. The van der Waals surface area contributed by atoms with E-state index in [0.29, 0.717) is 29.2 Å². The molecule has 0 unspecified atom stereocenters. The topological polar surface area (TPSA) is 77.0 Å². The van der Waals surface area contributed by atoms with Crippen LogP contribution < -0.4 is 14.9 Å². The molecule has 0 aromatic heterocycles. The molecule has 6 nitrogen and oxygen atoms in total. The first-order chi connectivity index (χ1) is 15.0. The predicted molar refractivity (Wildman–Crippen MR) is 123 cm³/mol. The van der Waals surface area contributed by atoms with Crippen molar-refractivity contribution in [3.8, 4) is 11.5 Å². The number of hydrogen-bond acceptors (Lipinski definition) is 5. The van der Waals surface area contributed by atoms with E-state index in [1.165, 1.54) is 6.21 Å². The highest BCUT2D eigenvalue weighted by molar-refractivity contribution is 9.10. The lowest BCUT2D eigenvalue weighted by Gasteiger charge is -2.09. The molecule has 0 saturated heterocycles. The van der Waals surface area contributed by atoms with Crippen LogP contribution in [-0.4, -0.2) is 24.7 Å². The molecule has 7 heteroatoms. The Morgan fingerprint density at radius 3 is 2.48 bits per heavy atom. The van der Waals surface area contributed by atoms with Gasteiger partial charge in [-0.3, -0.25) is 4.79 Å². The third-order valence-corrected chi connectivity index (χ3v) is 4.67. The third kappa shape index (κ3) is 6.79. The highest BCUT2D eigenvalue weighted by Gasteiger charge is 2.12. The maximum absolute atomic E-state index is 12.5. The summed E-state index contributed by atoms with van der Waals surface area (Å²) in [5, 5.41) is 4.00. The van der Waals surface area contributed by atoms with Gasteiger partial charge in [0, 0.05) is 10.0 Å². The lowest BCUT2D eigenvalue weighted by atomic mass is 10.1. The second-order valence-electron chi connectivity index (χ2n) is 6.48. The van der Waals surface area contributed by atoms with E-state index in [-0.39, 0.29) is 12.3 Å². The molecule has 0 bridgehead atoms. The van der Waals surface area contributed by atoms with Crippen LogP contribution in [0.15, 0.2) is 82.4 Å². The van der Waals surface area contributed by atoms with E-state index in [2.05, 4.69) is 26.5 Å². The summed E-state index contributed by atoms with van der Waals surface area (Å²) in [4.78, 5) is 24.6. The van der Waals surface area contributed by atoms with Crippen LogP contribution in [0.25, 0.3) is 0 Å². The van der Waals surface area contributed by atoms with Gasteiger partial charge in [-0.25, -0.2) is 10.2 Å². The van der Waals surface area contributed by atoms with E-state index in [9.17, 15) is 9.59 Å². The van der Waals surface area contributed by atoms with Crippen LogP contribution >= 0.6 is 15.9 Å². The van der Waals surface area contributed by atoms with Gasteiger partial charge >= 0.3 is 5.97 Å². The van der Waals surface area contributed by atoms with Gasteiger partial charge in [0.15, 0.2) is 0 Å². The van der Waals surface area contributed by atoms with Crippen molar-refractivity contribution in [2.45, 2.75) is 13.3 Å². The largest absolute Gasteiger partial charge is 0.494 e. The average Bonchev–Trinajstić information content (AvgIpc) is 2.77. The number of hydrogen-bond donors (Lipinski definition) is 1. The molecule has 0 fully saturated rings. The zero-order valence-corrected chi connectivity index (χ0v) is 18.5. The molecular formula is C24H21BrN2O4. The fourth-order valence-electron chi connectivity index (χ4n) is 2.72. The van der Waals surface area contributed by atoms with Crippen LogP contribution in [-0.2, 0) is 11.2 Å². The summed E-state index contributed by atoms with van der Waals surface area (Å²) in [5.74, 6) is 0.253. The van der Waals surface area contributed by atoms with E-state index in [4.69, 9.17) is 9.47 Å². The molecule has 3 aromatic rings. The number of nitrogens with zero attached hydrogens (tertiary/aromatic N) is 1. The van der Waals surface area contributed by atoms with E-state index in [1.807, 2.05) is 37.3 Å². The quantitative estimate of drug-likeness (QED) is 0.218. The number of esters is 1. The van der Waals surface area contributed by atoms with Gasteiger partial charge in [-0.15, -0.1) is 0 Å². The molecule has 0 aliphatic rings. The van der Waals surface area contributed by atoms with Crippen molar-refractivity contribution >= 4 is 34.0 Å². The van der Waals surface area contributed by atoms with Crippen molar-refractivity contribution < 1.29 is 19.1 Å². The summed E-state index contributed by atoms with van der Waals surface area (Å²) in [6.45, 7) is 2.44. The monoisotopic (exact) mass is 480 g/mol. The Morgan fingerprint density at radius 2 is 1.77 bits per heavy atom. The molecule has 3 rings (SSSR count). The zero-order valence-electron chi connectivity index (χ0n) is 16.9. The third-order valence-electron chi connectivity index (χ3n) is 4.18. The van der Waals surface area contributed by atoms with Crippen LogP contribution in [0.4, 0.5) is 0 Å². The van der Waals surface area contributed by atoms with Gasteiger partial charge in [0.05, 0.1) is 24.8 Å². The number of rotatable bonds is 8. The molecule has 0 aliphatic carbocycles. The average molecular weight is 481 g/mol. The molecule has 1 amide bonds. The fourth-order valence-corrected chi connectivity index (χ4v) is 3.10. The first-order valence-electron chi connectivity index (χ1n) is 9.65. The van der Waals surface area contributed by atoms with E-state index >= 15 is 0 Å². The summed E-state index contributed by atoms with van der Waals surface area (Å²) in [5.41, 5.74) is 4.31. The lowest BCUT2D eigenvalue weighted by Crippen LogP contribution is -2.19. The van der Waals surface area contributed by atoms with Crippen molar-refractivity contribution in [2.24, 2.45) is 5.10 Å². The second kappa shape index (κ2) is 11.1. The van der Waals surface area contributed by atoms with E-state index in [0.717, 1.165) is 10.0 Å². The molecule has 3 aromatic carbocycles. The van der Waals surface area contributed by atoms with Crippen LogP contribution in [0.2, 0.25) is 0 Å². The lowest BCUT2D eigenvalue weighted by molar-refractivity contribution is -0.120. The van der Waals surface area contributed by atoms with Gasteiger partial charge in [-0.1, -0.05) is 46.3 Å². The van der Waals surface area contributed by atoms with Gasteiger partial charge in [0.2, 0.25) is 5.91 Å². The fraction of sp³-hybridized carbons (Fsp3) is 0.125. The van der Waals surface area contributed by atoms with Crippen LogP contribution in [0.5, 0.6) is 11.5 Å². The maximum Gasteiger partial charge on any atom is 0.343 e. The van der Waals surface area contributed by atoms with Crippen molar-refractivity contribution in [3.63, 3.8) is 0 Å². The Morgan fingerprint density at radius 1 is 1.03 bits per heavy atom. The number of benzene rings is 3. The molecule has 0 aliphatic heterocycles. The first kappa shape index (κ1) is 22.2. The molecular weight excluding hydrogens is 460 g/mol. The smallest absolute Gasteiger partial charge is 0.343 e. The number of nitrogens with one attached hydrogen (secondary N) is 1. The number of halogens is 1. The Balaban J connectivity index is 1.66. The van der Waals surface area contributed by atoms with Gasteiger partial charge in [-0.05, 0) is 55.0 Å². The van der Waals surface area contributed by atoms with Crippen molar-refractivity contribution in [3.05, 3.63) is 94.0 Å². The summed E-state index contributed by atoms with van der Waals surface area (Å²) < 4.78 is 11.7. The zero-order chi connectivity index (χ0) is 22.1. The Labute approximate surface area is 189 Å². The van der Waals surface area contributed by atoms with Crippen LogP contribution in [0, 0.1) is 0 Å². The minimum Gasteiger partial charge on any atom is -0.494 e. The SMILES string of the molecule is CCOc1ccc(C(=O)Oc2ccc(Br)cc2/C=N/NC(=O)Cc2ccccc2)cc1. The van der Waals surface area contributed by atoms with Crippen LogP contribution in [0.1, 0.15) is 28.4 Å². The highest BCUT2D eigenvalue weighted by Crippen LogP contribution is 2.23. The normalized spacial score (nSPS) is 10.6. The van der Waals surface area contributed by atoms with Crippen molar-refractivity contribution in [2.75, 3.05) is 6.61 Å². The summed E-state index contributed by atoms with van der Waals surface area (Å²) in [7, 11) is 0. The number of carbonyl (C=O) groups is 2. The van der Waals surface area contributed by atoms with Gasteiger partial charge in [-0.2, -0.15) is 5.10 Å². The van der Waals surface area contributed by atoms with Gasteiger partial charge in [0.1, 0.15) is 11.5 Å². The molecule has 0 heterocycles. The molecule has 0 spiro atoms. The highest BCUT2D eigenvalue weighted by atomic mass is 79.9. The second-order valence-corrected chi connectivity index (χ2v) is 7.40. The standard InChI is InChI=1S/C24H21BrN2O4/c1-2-30-21-11-8-18(9-12-21)24(29)31-22-13-10-20(25)15-19(22)16-26-27-23(28)14-17-6-4-3-5-7-17/h3-13,15-16H,2,14H2,1H3,(H,27,28)/b26-16+. The molecule has 158 valence electrons. The molecule has 0 atom stereocenters. The Bertz CT molecular complexity index is 1070. The van der Waals surface area contributed by atoms with Gasteiger partial charge in [0.25, 0.3) is 0 Å². The Hall–Kier alpha value is -3.45. The van der Waals surface area contributed by atoms with Crippen molar-refractivity contribution in [1.29, 1.82) is 0 Å². The Kier molecular flexibility index (Phi) is 7.95. The molecule has 0 saturated carbocycles. The predicted octanol–water partition coefficient (Wildman–Crippen LogP) is 4.76. The first-order valence-corrected chi connectivity index (χ1v) is 10.4. The van der Waals surface area contributed by atoms with E-state index in [1.54, 1.807) is 42.5 Å². The molecule has 31 heavy (non-hydrogen) atoms. The summed E-state index contributed by atoms with van der Waals surface area (Å²) in [6.07, 6.45) is 1.66. The minimum absolute atomic E-state index is 0.219. The molecule has 0 radical (unpaired) electrons. The summed E-state index contributed by atoms with van der Waals surface area (Å²) >= 11 is 3.39. The van der Waals surface area contributed by atoms with Gasteiger partial charge < -0.3 is 9.47 Å². The number of amides is 1. The van der Waals surface area contributed by atoms with Crippen LogP contribution in [0.3, 0.4) is 0 Å². The van der Waals surface area contributed by atoms with E-state index < -0.39 is 5.97 Å². The maximum atomic E-state index is 12.5. The number of carbonyl (C=O) groups excluding carboxylic acids is 2. The summed E-state index contributed by atoms with van der Waals surface area (Å²) in [6, 6.07) is 21.3. The number of hydrazone groups is 1. The van der Waals surface area contributed by atoms with Crippen molar-refractivity contribution in [1.82, 2.24) is 5.43 Å². The number of ether oxygens (including phenoxy) is 2.